The first-order valence-electron chi connectivity index (χ1n) is 7.77. The minimum Gasteiger partial charge on any atom is -0.481 e. The maximum absolute atomic E-state index is 13.2. The number of rotatable bonds is 7. The molecule has 2 aromatic rings. The first kappa shape index (κ1) is 20.4. The van der Waals surface area contributed by atoms with Crippen LogP contribution in [0.4, 0.5) is 4.39 Å². The zero-order chi connectivity index (χ0) is 19.3. The summed E-state index contributed by atoms with van der Waals surface area (Å²) in [7, 11) is 0. The molecule has 0 radical (unpaired) electrons. The van der Waals surface area contributed by atoms with Gasteiger partial charge in [0, 0.05) is 22.0 Å². The van der Waals surface area contributed by atoms with Crippen molar-refractivity contribution in [2.75, 3.05) is 0 Å². The highest BCUT2D eigenvalue weighted by molar-refractivity contribution is 6.36. The summed E-state index contributed by atoms with van der Waals surface area (Å²) < 4.78 is 13.2. The molecule has 0 aliphatic rings. The summed E-state index contributed by atoms with van der Waals surface area (Å²) in [5.74, 6) is -1.52. The van der Waals surface area contributed by atoms with Gasteiger partial charge in [0.25, 0.3) is 0 Å². The predicted octanol–water partition coefficient (Wildman–Crippen LogP) is 4.40. The quantitative estimate of drug-likeness (QED) is 0.645. The number of aliphatic hydroxyl groups is 2. The lowest BCUT2D eigenvalue weighted by Crippen LogP contribution is -2.19. The third-order valence-corrected chi connectivity index (χ3v) is 4.19. The van der Waals surface area contributed by atoms with Gasteiger partial charge in [-0.1, -0.05) is 47.5 Å². The van der Waals surface area contributed by atoms with Gasteiger partial charge >= 0.3 is 5.97 Å². The lowest BCUT2D eigenvalue weighted by atomic mass is 9.98. The third kappa shape index (κ3) is 5.81. The van der Waals surface area contributed by atoms with E-state index in [0.717, 1.165) is 0 Å². The van der Waals surface area contributed by atoms with Gasteiger partial charge in [0.1, 0.15) is 5.82 Å². The van der Waals surface area contributed by atoms with E-state index in [1.165, 1.54) is 18.2 Å². The fourth-order valence-electron chi connectivity index (χ4n) is 2.47. The molecule has 0 aliphatic heterocycles. The Balaban J connectivity index is 2.28. The Hall–Kier alpha value is -1.92. The van der Waals surface area contributed by atoms with Gasteiger partial charge in [0.2, 0.25) is 0 Å². The van der Waals surface area contributed by atoms with Crippen molar-refractivity contribution in [1.82, 2.24) is 0 Å². The lowest BCUT2D eigenvalue weighted by molar-refractivity contribution is -0.139. The van der Waals surface area contributed by atoms with Crippen molar-refractivity contribution in [3.63, 3.8) is 0 Å². The molecular formula is C19H17Cl2FO4. The number of carboxylic acid groups (broad SMARTS) is 1. The Morgan fingerprint density at radius 1 is 1.15 bits per heavy atom. The molecule has 0 spiro atoms. The average molecular weight is 399 g/mol. The Kier molecular flexibility index (Phi) is 7.17. The van der Waals surface area contributed by atoms with Crippen molar-refractivity contribution in [1.29, 1.82) is 0 Å². The first-order chi connectivity index (χ1) is 12.3. The smallest absolute Gasteiger partial charge is 0.305 e. The monoisotopic (exact) mass is 398 g/mol. The van der Waals surface area contributed by atoms with Gasteiger partial charge < -0.3 is 15.3 Å². The van der Waals surface area contributed by atoms with Crippen molar-refractivity contribution in [2.24, 2.45) is 0 Å². The fraction of sp³-hybridized carbons (Fsp3) is 0.211. The number of benzene rings is 2. The molecule has 1 unspecified atom stereocenters. The summed E-state index contributed by atoms with van der Waals surface area (Å²) in [4.78, 5) is 10.6. The number of halogens is 3. The van der Waals surface area contributed by atoms with E-state index in [2.05, 4.69) is 0 Å². The Labute approximate surface area is 160 Å². The highest BCUT2D eigenvalue weighted by Gasteiger charge is 2.14. The molecule has 0 saturated carbocycles. The standard InChI is InChI=1S/C19H17Cl2FO4/c20-12-7-17(11-1-3-13(22)4-2-11)16(18(21)8-12)6-5-14(23)9-15(24)10-19(25)26/h1-8,14-15,23-24H,9-10H2,(H,25,26)/t14-,15?/m1/s1. The van der Waals surface area contributed by atoms with Crippen LogP contribution in [-0.4, -0.2) is 33.5 Å². The van der Waals surface area contributed by atoms with E-state index in [0.29, 0.717) is 26.7 Å². The number of hydrogen-bond donors (Lipinski definition) is 3. The molecule has 2 aromatic carbocycles. The largest absolute Gasteiger partial charge is 0.481 e. The normalized spacial score (nSPS) is 13.7. The minimum atomic E-state index is -1.16. The Morgan fingerprint density at radius 2 is 1.81 bits per heavy atom. The molecule has 0 amide bonds. The van der Waals surface area contributed by atoms with Gasteiger partial charge in [-0.15, -0.1) is 0 Å². The summed E-state index contributed by atoms with van der Waals surface area (Å²) >= 11 is 12.3. The van der Waals surface area contributed by atoms with Gasteiger partial charge in [-0.05, 0) is 35.4 Å². The van der Waals surface area contributed by atoms with Crippen LogP contribution in [0, 0.1) is 5.82 Å². The van der Waals surface area contributed by atoms with Crippen LogP contribution in [0.3, 0.4) is 0 Å². The molecule has 2 rings (SSSR count). The summed E-state index contributed by atoms with van der Waals surface area (Å²) in [5, 5.41) is 28.9. The average Bonchev–Trinajstić information content (AvgIpc) is 2.53. The number of aliphatic hydroxyl groups excluding tert-OH is 2. The zero-order valence-electron chi connectivity index (χ0n) is 13.6. The van der Waals surface area contributed by atoms with Crippen LogP contribution >= 0.6 is 23.2 Å². The summed E-state index contributed by atoms with van der Waals surface area (Å²) in [6.45, 7) is 0. The molecule has 0 aromatic heterocycles. The molecule has 2 atom stereocenters. The predicted molar refractivity (Wildman–Crippen MR) is 99.8 cm³/mol. The molecular weight excluding hydrogens is 382 g/mol. The van der Waals surface area contributed by atoms with Gasteiger partial charge in [-0.3, -0.25) is 4.79 Å². The number of carboxylic acids is 1. The highest BCUT2D eigenvalue weighted by Crippen LogP contribution is 2.34. The molecule has 0 fully saturated rings. The maximum atomic E-state index is 13.2. The number of carbonyl (C=O) groups is 1. The number of hydrogen-bond acceptors (Lipinski definition) is 3. The fourth-order valence-corrected chi connectivity index (χ4v) is 3.03. The number of aliphatic carboxylic acids is 1. The van der Waals surface area contributed by atoms with Crippen LogP contribution in [-0.2, 0) is 4.79 Å². The Morgan fingerprint density at radius 3 is 2.42 bits per heavy atom. The zero-order valence-corrected chi connectivity index (χ0v) is 15.1. The molecule has 4 nitrogen and oxygen atoms in total. The molecule has 0 aliphatic carbocycles. The van der Waals surface area contributed by atoms with Crippen molar-refractivity contribution in [3.05, 3.63) is 63.9 Å². The highest BCUT2D eigenvalue weighted by atomic mass is 35.5. The second-order valence-corrected chi connectivity index (χ2v) is 6.61. The van der Waals surface area contributed by atoms with Crippen molar-refractivity contribution >= 4 is 35.2 Å². The van der Waals surface area contributed by atoms with Gasteiger partial charge in [0.05, 0.1) is 18.6 Å². The minimum absolute atomic E-state index is 0.125. The van der Waals surface area contributed by atoms with Crippen molar-refractivity contribution < 1.29 is 24.5 Å². The van der Waals surface area contributed by atoms with E-state index in [1.54, 1.807) is 30.3 Å². The van der Waals surface area contributed by atoms with E-state index >= 15 is 0 Å². The van der Waals surface area contributed by atoms with E-state index in [-0.39, 0.29) is 12.2 Å². The van der Waals surface area contributed by atoms with Gasteiger partial charge in [-0.25, -0.2) is 4.39 Å². The molecule has 3 N–H and O–H groups in total. The molecule has 26 heavy (non-hydrogen) atoms. The van der Waals surface area contributed by atoms with Gasteiger partial charge in [-0.2, -0.15) is 0 Å². The molecule has 138 valence electrons. The second kappa shape index (κ2) is 9.14. The van der Waals surface area contributed by atoms with E-state index in [4.69, 9.17) is 28.3 Å². The van der Waals surface area contributed by atoms with Crippen LogP contribution in [0.1, 0.15) is 18.4 Å². The molecule has 0 bridgehead atoms. The van der Waals surface area contributed by atoms with Crippen LogP contribution < -0.4 is 0 Å². The molecule has 0 saturated heterocycles. The summed E-state index contributed by atoms with van der Waals surface area (Å²) in [6, 6.07) is 9.01. The van der Waals surface area contributed by atoms with Crippen LogP contribution in [0.2, 0.25) is 10.0 Å². The van der Waals surface area contributed by atoms with Crippen molar-refractivity contribution in [2.45, 2.75) is 25.0 Å². The summed E-state index contributed by atoms with van der Waals surface area (Å²) in [6.07, 6.45) is 0.178. The van der Waals surface area contributed by atoms with Crippen LogP contribution in [0.5, 0.6) is 0 Å². The maximum Gasteiger partial charge on any atom is 0.305 e. The topological polar surface area (TPSA) is 77.8 Å². The van der Waals surface area contributed by atoms with E-state index in [1.807, 2.05) is 0 Å². The SMILES string of the molecule is O=C(O)CC(O)C[C@H](O)C=Cc1c(Cl)cc(Cl)cc1-c1ccc(F)cc1. The third-order valence-electron chi connectivity index (χ3n) is 3.66. The van der Waals surface area contributed by atoms with E-state index in [9.17, 15) is 19.4 Å². The van der Waals surface area contributed by atoms with E-state index < -0.39 is 24.6 Å². The van der Waals surface area contributed by atoms with Crippen LogP contribution in [0.15, 0.2) is 42.5 Å². The second-order valence-electron chi connectivity index (χ2n) is 5.77. The van der Waals surface area contributed by atoms with Crippen LogP contribution in [0.25, 0.3) is 17.2 Å². The van der Waals surface area contributed by atoms with Gasteiger partial charge in [0.15, 0.2) is 0 Å². The lowest BCUT2D eigenvalue weighted by Gasteiger charge is -2.12. The van der Waals surface area contributed by atoms with Crippen molar-refractivity contribution in [3.8, 4) is 11.1 Å². The Bertz CT molecular complexity index is 806. The molecule has 7 heteroatoms. The first-order valence-corrected chi connectivity index (χ1v) is 8.53. The molecule has 0 heterocycles. The summed E-state index contributed by atoms with van der Waals surface area (Å²) in [5.41, 5.74) is 1.90.